The molecule has 1 unspecified atom stereocenters. The van der Waals surface area contributed by atoms with Crippen LogP contribution in [-0.4, -0.2) is 48.0 Å². The Morgan fingerprint density at radius 3 is 2.42 bits per heavy atom. The zero-order chi connectivity index (χ0) is 18.9. The van der Waals surface area contributed by atoms with E-state index in [4.69, 9.17) is 9.47 Å². The summed E-state index contributed by atoms with van der Waals surface area (Å²) in [6.45, 7) is 9.81. The van der Waals surface area contributed by atoms with Crippen LogP contribution in [0.3, 0.4) is 0 Å². The van der Waals surface area contributed by atoms with Crippen LogP contribution < -0.4 is 20.1 Å². The van der Waals surface area contributed by atoms with Crippen molar-refractivity contribution in [2.75, 3.05) is 33.1 Å². The number of methoxy groups -OCH3 is 2. The summed E-state index contributed by atoms with van der Waals surface area (Å²) in [5.41, 5.74) is 0.971. The minimum absolute atomic E-state index is 0. The third-order valence-electron chi connectivity index (χ3n) is 3.51. The number of benzene rings is 1. The number of nitrogens with one attached hydrogen (secondary N) is 2. The summed E-state index contributed by atoms with van der Waals surface area (Å²) in [5.74, 6) is 2.78. The van der Waals surface area contributed by atoms with Crippen molar-refractivity contribution in [1.82, 2.24) is 10.6 Å². The van der Waals surface area contributed by atoms with Gasteiger partial charge in [-0.15, -0.1) is 24.0 Å². The molecule has 1 atom stereocenters. The number of hydrogen-bond donors (Lipinski definition) is 2. The quantitative estimate of drug-likeness (QED) is 0.329. The van der Waals surface area contributed by atoms with Crippen molar-refractivity contribution >= 4 is 40.7 Å². The molecule has 0 saturated carbocycles. The van der Waals surface area contributed by atoms with Gasteiger partial charge in [0.15, 0.2) is 5.96 Å². The van der Waals surface area contributed by atoms with Crippen molar-refractivity contribution in [2.45, 2.75) is 39.0 Å². The SMILES string of the molecule is CCNC(=NCc1ccc(OC)cc1OC)NCCS(=O)C(C)(C)C.I. The van der Waals surface area contributed by atoms with Crippen molar-refractivity contribution in [3.05, 3.63) is 23.8 Å². The van der Waals surface area contributed by atoms with Gasteiger partial charge in [0.25, 0.3) is 0 Å². The molecule has 1 aromatic rings. The third-order valence-corrected chi connectivity index (χ3v) is 5.45. The number of rotatable bonds is 8. The molecule has 1 rings (SSSR count). The average Bonchev–Trinajstić information content (AvgIpc) is 2.58. The maximum Gasteiger partial charge on any atom is 0.191 e. The van der Waals surface area contributed by atoms with Crippen LogP contribution in [0.25, 0.3) is 0 Å². The molecule has 0 bridgehead atoms. The summed E-state index contributed by atoms with van der Waals surface area (Å²) in [5, 5.41) is 6.43. The highest BCUT2D eigenvalue weighted by Gasteiger charge is 2.18. The molecule has 0 heterocycles. The molecule has 0 aliphatic carbocycles. The summed E-state index contributed by atoms with van der Waals surface area (Å²) in [6.07, 6.45) is 0. The van der Waals surface area contributed by atoms with Gasteiger partial charge in [-0.3, -0.25) is 4.21 Å². The van der Waals surface area contributed by atoms with E-state index in [1.807, 2.05) is 45.9 Å². The maximum absolute atomic E-state index is 12.1. The van der Waals surface area contributed by atoms with Gasteiger partial charge in [0, 0.05) is 46.0 Å². The van der Waals surface area contributed by atoms with E-state index < -0.39 is 10.8 Å². The Morgan fingerprint density at radius 1 is 1.19 bits per heavy atom. The average molecular weight is 497 g/mol. The van der Waals surface area contributed by atoms with Crippen molar-refractivity contribution < 1.29 is 13.7 Å². The van der Waals surface area contributed by atoms with Gasteiger partial charge < -0.3 is 20.1 Å². The Morgan fingerprint density at radius 2 is 1.88 bits per heavy atom. The van der Waals surface area contributed by atoms with Gasteiger partial charge in [-0.25, -0.2) is 4.99 Å². The van der Waals surface area contributed by atoms with Crippen LogP contribution in [0, 0.1) is 0 Å². The molecular formula is C18H32IN3O3S. The van der Waals surface area contributed by atoms with Crippen molar-refractivity contribution in [2.24, 2.45) is 4.99 Å². The first-order chi connectivity index (χ1) is 11.8. The molecule has 0 amide bonds. The number of hydrogen-bond acceptors (Lipinski definition) is 4. The van der Waals surface area contributed by atoms with Gasteiger partial charge in [0.2, 0.25) is 0 Å². The smallest absolute Gasteiger partial charge is 0.191 e. The van der Waals surface area contributed by atoms with E-state index in [-0.39, 0.29) is 28.7 Å². The zero-order valence-electron chi connectivity index (χ0n) is 16.5. The highest BCUT2D eigenvalue weighted by atomic mass is 127. The van der Waals surface area contributed by atoms with Gasteiger partial charge in [0.1, 0.15) is 11.5 Å². The molecule has 0 aromatic heterocycles. The van der Waals surface area contributed by atoms with E-state index >= 15 is 0 Å². The monoisotopic (exact) mass is 497 g/mol. The molecule has 0 aliphatic heterocycles. The lowest BCUT2D eigenvalue weighted by molar-refractivity contribution is 0.391. The summed E-state index contributed by atoms with van der Waals surface area (Å²) < 4.78 is 22.5. The third kappa shape index (κ3) is 8.57. The number of halogens is 1. The summed E-state index contributed by atoms with van der Waals surface area (Å²) >= 11 is 0. The van der Waals surface area contributed by atoms with E-state index in [1.54, 1.807) is 14.2 Å². The van der Waals surface area contributed by atoms with Crippen molar-refractivity contribution in [3.8, 4) is 11.5 Å². The zero-order valence-corrected chi connectivity index (χ0v) is 19.7. The topological polar surface area (TPSA) is 72.0 Å². The maximum atomic E-state index is 12.1. The fourth-order valence-corrected chi connectivity index (χ4v) is 2.96. The predicted octanol–water partition coefficient (Wildman–Crippen LogP) is 2.92. The molecule has 26 heavy (non-hydrogen) atoms. The molecule has 2 N–H and O–H groups in total. The van der Waals surface area contributed by atoms with Crippen LogP contribution in [0.5, 0.6) is 11.5 Å². The highest BCUT2D eigenvalue weighted by molar-refractivity contribution is 14.0. The van der Waals surface area contributed by atoms with Gasteiger partial charge in [0.05, 0.1) is 20.8 Å². The minimum atomic E-state index is -0.886. The Kier molecular flexibility index (Phi) is 11.9. The van der Waals surface area contributed by atoms with E-state index in [9.17, 15) is 4.21 Å². The molecule has 0 radical (unpaired) electrons. The van der Waals surface area contributed by atoms with E-state index in [1.165, 1.54) is 0 Å². The van der Waals surface area contributed by atoms with Gasteiger partial charge >= 0.3 is 0 Å². The normalized spacial score (nSPS) is 12.8. The molecule has 0 saturated heterocycles. The number of aliphatic imine (C=N–C) groups is 1. The Bertz CT molecular complexity index is 604. The lowest BCUT2D eigenvalue weighted by atomic mass is 10.2. The Balaban J connectivity index is 0.00000625. The van der Waals surface area contributed by atoms with Crippen molar-refractivity contribution in [1.29, 1.82) is 0 Å². The second-order valence-electron chi connectivity index (χ2n) is 6.46. The summed E-state index contributed by atoms with van der Waals surface area (Å²) in [7, 11) is 2.37. The Hall–Kier alpha value is -1.03. The predicted molar refractivity (Wildman–Crippen MR) is 121 cm³/mol. The fraction of sp³-hybridized carbons (Fsp3) is 0.611. The molecule has 1 aromatic carbocycles. The van der Waals surface area contributed by atoms with Crippen LogP contribution in [0.4, 0.5) is 0 Å². The van der Waals surface area contributed by atoms with Crippen LogP contribution in [0.1, 0.15) is 33.3 Å². The first kappa shape index (κ1) is 25.0. The van der Waals surface area contributed by atoms with Gasteiger partial charge in [-0.2, -0.15) is 0 Å². The lowest BCUT2D eigenvalue weighted by Gasteiger charge is -2.18. The molecular weight excluding hydrogens is 465 g/mol. The lowest BCUT2D eigenvalue weighted by Crippen LogP contribution is -2.40. The van der Waals surface area contributed by atoms with E-state index in [2.05, 4.69) is 15.6 Å². The largest absolute Gasteiger partial charge is 0.497 e. The van der Waals surface area contributed by atoms with Gasteiger partial charge in [-0.1, -0.05) is 0 Å². The highest BCUT2D eigenvalue weighted by Crippen LogP contribution is 2.25. The van der Waals surface area contributed by atoms with E-state index in [0.717, 1.165) is 23.6 Å². The molecule has 150 valence electrons. The first-order valence-corrected chi connectivity index (χ1v) is 9.75. The first-order valence-electron chi connectivity index (χ1n) is 8.43. The summed E-state index contributed by atoms with van der Waals surface area (Å²) in [6, 6.07) is 5.68. The van der Waals surface area contributed by atoms with Crippen LogP contribution >= 0.6 is 24.0 Å². The fourth-order valence-electron chi connectivity index (χ4n) is 2.06. The molecule has 0 fully saturated rings. The molecule has 0 aliphatic rings. The second-order valence-corrected chi connectivity index (χ2v) is 8.79. The molecule has 6 nitrogen and oxygen atoms in total. The Labute approximate surface area is 177 Å². The van der Waals surface area contributed by atoms with Crippen molar-refractivity contribution in [3.63, 3.8) is 0 Å². The van der Waals surface area contributed by atoms with Crippen LogP contribution in [0.2, 0.25) is 0 Å². The van der Waals surface area contributed by atoms with Gasteiger partial charge in [-0.05, 0) is 39.8 Å². The minimum Gasteiger partial charge on any atom is -0.497 e. The van der Waals surface area contributed by atoms with Crippen LogP contribution in [-0.2, 0) is 17.3 Å². The molecule has 0 spiro atoms. The second kappa shape index (κ2) is 12.4. The standard InChI is InChI=1S/C18H31N3O3S.HI/c1-7-19-17(20-10-11-25(22)18(2,3)4)21-13-14-8-9-15(23-5)12-16(14)24-6;/h8-9,12H,7,10-11,13H2,1-6H3,(H2,19,20,21);1H. The number of nitrogens with zero attached hydrogens (tertiary/aromatic N) is 1. The molecule has 8 heteroatoms. The summed E-state index contributed by atoms with van der Waals surface area (Å²) in [4.78, 5) is 4.58. The van der Waals surface area contributed by atoms with E-state index in [0.29, 0.717) is 24.8 Å². The van der Waals surface area contributed by atoms with Crippen LogP contribution in [0.15, 0.2) is 23.2 Å². The number of ether oxygens (including phenoxy) is 2. The number of guanidine groups is 1.